The number of rotatable bonds is 14. The summed E-state index contributed by atoms with van der Waals surface area (Å²) >= 11 is 0. The molecule has 0 aromatic heterocycles. The van der Waals surface area contributed by atoms with Crippen LogP contribution in [0.2, 0.25) is 0 Å². The maximum Gasteiger partial charge on any atom is 0.303 e. The van der Waals surface area contributed by atoms with Gasteiger partial charge in [-0.3, -0.25) is 4.79 Å². The quantitative estimate of drug-likeness (QED) is 0.277. The van der Waals surface area contributed by atoms with Gasteiger partial charge in [0.25, 0.3) is 0 Å². The minimum atomic E-state index is -0.774. The van der Waals surface area contributed by atoms with Crippen molar-refractivity contribution in [3.63, 3.8) is 0 Å². The third-order valence-electron chi connectivity index (χ3n) is 2.94. The summed E-state index contributed by atoms with van der Waals surface area (Å²) in [5.74, 6) is -0.774. The molecule has 0 aromatic carbocycles. The predicted octanol–water partition coefficient (Wildman–Crippen LogP) is 5.05. The van der Waals surface area contributed by atoms with Gasteiger partial charge in [0.1, 0.15) is 0 Å². The molecule has 0 bridgehead atoms. The van der Waals surface area contributed by atoms with Crippen LogP contribution in [0, 0.1) is 0 Å². The van der Waals surface area contributed by atoms with Crippen molar-refractivity contribution in [2.45, 2.75) is 58.3 Å². The van der Waals surface area contributed by atoms with E-state index in [4.69, 9.17) is 9.84 Å². The summed E-state index contributed by atoms with van der Waals surface area (Å²) in [4.78, 5) is 10.3. The largest absolute Gasteiger partial charge is 0.481 e. The molecule has 0 fully saturated rings. The fraction of sp³-hybridized carbons (Fsp3) is 0.579. The second kappa shape index (κ2) is 17.5. The molecule has 0 saturated carbocycles. The van der Waals surface area contributed by atoms with Gasteiger partial charge < -0.3 is 9.84 Å². The van der Waals surface area contributed by atoms with Gasteiger partial charge in [0, 0.05) is 6.42 Å². The summed E-state index contributed by atoms with van der Waals surface area (Å²) in [6.07, 6.45) is 19.8. The number of carboxylic acids is 1. The molecule has 22 heavy (non-hydrogen) atoms. The van der Waals surface area contributed by atoms with Crippen LogP contribution in [-0.4, -0.2) is 24.3 Å². The Balaban J connectivity index is 3.36. The monoisotopic (exact) mass is 306 g/mol. The van der Waals surface area contributed by atoms with E-state index in [1.807, 2.05) is 12.2 Å². The highest BCUT2D eigenvalue weighted by Gasteiger charge is 1.90. The van der Waals surface area contributed by atoms with Crippen molar-refractivity contribution in [1.82, 2.24) is 0 Å². The average Bonchev–Trinajstić information content (AvgIpc) is 2.50. The van der Waals surface area contributed by atoms with E-state index >= 15 is 0 Å². The maximum atomic E-state index is 10.3. The fourth-order valence-electron chi connectivity index (χ4n) is 1.71. The second-order valence-electron chi connectivity index (χ2n) is 5.05. The van der Waals surface area contributed by atoms with Crippen LogP contribution in [0.5, 0.6) is 0 Å². The van der Waals surface area contributed by atoms with E-state index in [-0.39, 0.29) is 6.42 Å². The van der Waals surface area contributed by atoms with Gasteiger partial charge in [0.2, 0.25) is 0 Å². The lowest BCUT2D eigenvalue weighted by molar-refractivity contribution is -0.136. The van der Waals surface area contributed by atoms with Gasteiger partial charge in [-0.05, 0) is 44.3 Å². The molecule has 124 valence electrons. The number of hydrogen-bond acceptors (Lipinski definition) is 2. The summed E-state index contributed by atoms with van der Waals surface area (Å²) in [5.41, 5.74) is 2.96. The molecule has 0 amide bonds. The number of ether oxygens (including phenoxy) is 1. The van der Waals surface area contributed by atoms with Crippen LogP contribution in [0.1, 0.15) is 58.3 Å². The Morgan fingerprint density at radius 3 is 2.59 bits per heavy atom. The van der Waals surface area contributed by atoms with Crippen LogP contribution in [0.3, 0.4) is 0 Å². The van der Waals surface area contributed by atoms with E-state index in [9.17, 15) is 4.79 Å². The lowest BCUT2D eigenvalue weighted by atomic mass is 10.2. The predicted molar refractivity (Wildman–Crippen MR) is 92.0 cm³/mol. The van der Waals surface area contributed by atoms with Gasteiger partial charge in [-0.1, -0.05) is 44.1 Å². The standard InChI is InChI=1S/C19H30O3/c1-2-3-4-5-6-7-8-11-14-17-22-18-15-12-9-10-13-16-19(20)21/h6-7,10-12,14H,2-5,8,13,15-18H2,1H3,(H,20,21)/b7-6-,14-11-. The van der Waals surface area contributed by atoms with Crippen molar-refractivity contribution in [2.24, 2.45) is 0 Å². The number of carbonyl (C=O) groups is 1. The van der Waals surface area contributed by atoms with Gasteiger partial charge >= 0.3 is 5.97 Å². The summed E-state index contributed by atoms with van der Waals surface area (Å²) in [6, 6.07) is 0. The molecule has 0 radical (unpaired) electrons. The first-order valence-corrected chi connectivity index (χ1v) is 8.26. The van der Waals surface area contributed by atoms with E-state index in [1.54, 1.807) is 6.08 Å². The Bertz CT molecular complexity index is 374. The Kier molecular flexibility index (Phi) is 16.2. The Morgan fingerprint density at radius 1 is 1.05 bits per heavy atom. The van der Waals surface area contributed by atoms with Gasteiger partial charge in [0.15, 0.2) is 0 Å². The molecule has 0 rings (SSSR count). The van der Waals surface area contributed by atoms with Gasteiger partial charge in [-0.15, -0.1) is 5.73 Å². The highest BCUT2D eigenvalue weighted by Crippen LogP contribution is 2.00. The third-order valence-corrected chi connectivity index (χ3v) is 2.94. The molecular formula is C19H30O3. The molecule has 0 heterocycles. The van der Waals surface area contributed by atoms with Crippen molar-refractivity contribution >= 4 is 5.97 Å². The van der Waals surface area contributed by atoms with Crippen molar-refractivity contribution < 1.29 is 14.6 Å². The molecule has 3 heteroatoms. The molecule has 0 saturated heterocycles. The van der Waals surface area contributed by atoms with Crippen LogP contribution in [0.15, 0.2) is 42.2 Å². The molecule has 0 unspecified atom stereocenters. The molecule has 0 aliphatic carbocycles. The summed E-state index contributed by atoms with van der Waals surface area (Å²) in [5, 5.41) is 8.45. The molecule has 0 atom stereocenters. The number of aliphatic carboxylic acids is 1. The topological polar surface area (TPSA) is 46.5 Å². The molecule has 0 aliphatic rings. The first-order valence-electron chi connectivity index (χ1n) is 8.26. The Labute approximate surface area is 135 Å². The minimum Gasteiger partial charge on any atom is -0.481 e. The highest BCUT2D eigenvalue weighted by atomic mass is 16.5. The first-order chi connectivity index (χ1) is 10.8. The van der Waals surface area contributed by atoms with Crippen LogP contribution >= 0.6 is 0 Å². The lowest BCUT2D eigenvalue weighted by Crippen LogP contribution is -1.92. The fourth-order valence-corrected chi connectivity index (χ4v) is 1.71. The molecule has 0 aromatic rings. The maximum absolute atomic E-state index is 10.3. The van der Waals surface area contributed by atoms with Crippen molar-refractivity contribution in [3.05, 3.63) is 42.2 Å². The number of allylic oxidation sites excluding steroid dienone is 3. The summed E-state index contributed by atoms with van der Waals surface area (Å²) in [7, 11) is 0. The van der Waals surface area contributed by atoms with Gasteiger partial charge in [0.05, 0.1) is 13.2 Å². The van der Waals surface area contributed by atoms with Crippen LogP contribution in [-0.2, 0) is 9.53 Å². The van der Waals surface area contributed by atoms with E-state index in [0.29, 0.717) is 19.6 Å². The van der Waals surface area contributed by atoms with Crippen molar-refractivity contribution in [3.8, 4) is 0 Å². The van der Waals surface area contributed by atoms with Crippen LogP contribution in [0.25, 0.3) is 0 Å². The first kappa shape index (κ1) is 20.4. The number of unbranched alkanes of at least 4 members (excludes halogenated alkanes) is 3. The van der Waals surface area contributed by atoms with E-state index in [2.05, 4.69) is 30.9 Å². The summed E-state index contributed by atoms with van der Waals surface area (Å²) in [6.45, 7) is 3.52. The van der Waals surface area contributed by atoms with Crippen LogP contribution < -0.4 is 0 Å². The zero-order valence-electron chi connectivity index (χ0n) is 13.8. The molecule has 0 aliphatic heterocycles. The number of hydrogen-bond donors (Lipinski definition) is 1. The van der Waals surface area contributed by atoms with E-state index < -0.39 is 5.97 Å². The van der Waals surface area contributed by atoms with E-state index in [1.165, 1.54) is 25.7 Å². The average molecular weight is 306 g/mol. The smallest absolute Gasteiger partial charge is 0.303 e. The van der Waals surface area contributed by atoms with Crippen molar-refractivity contribution in [1.29, 1.82) is 0 Å². The van der Waals surface area contributed by atoms with E-state index in [0.717, 1.165) is 12.8 Å². The SMILES string of the molecule is CCCCC/C=C\C/C=C\COCCC=C=CCCC(=O)O. The zero-order valence-corrected chi connectivity index (χ0v) is 13.8. The zero-order chi connectivity index (χ0) is 16.3. The Morgan fingerprint density at radius 2 is 1.82 bits per heavy atom. The van der Waals surface area contributed by atoms with Gasteiger partial charge in [-0.25, -0.2) is 0 Å². The normalized spacial score (nSPS) is 11.0. The highest BCUT2D eigenvalue weighted by molar-refractivity contribution is 5.66. The minimum absolute atomic E-state index is 0.162. The van der Waals surface area contributed by atoms with Crippen molar-refractivity contribution in [2.75, 3.05) is 13.2 Å². The second-order valence-corrected chi connectivity index (χ2v) is 5.05. The van der Waals surface area contributed by atoms with Gasteiger partial charge in [-0.2, -0.15) is 0 Å². The molecule has 3 nitrogen and oxygen atoms in total. The Hall–Kier alpha value is -1.57. The van der Waals surface area contributed by atoms with Crippen LogP contribution in [0.4, 0.5) is 0 Å². The lowest BCUT2D eigenvalue weighted by Gasteiger charge is -1.95. The third kappa shape index (κ3) is 18.4. The summed E-state index contributed by atoms with van der Waals surface area (Å²) < 4.78 is 5.45. The number of carboxylic acid groups (broad SMARTS) is 1. The molecule has 0 spiro atoms. The molecule has 1 N–H and O–H groups in total. The molecular weight excluding hydrogens is 276 g/mol.